The maximum atomic E-state index is 12.7. The van der Waals surface area contributed by atoms with Crippen LogP contribution in [0.15, 0.2) is 30.3 Å². The van der Waals surface area contributed by atoms with Gasteiger partial charge in [-0.1, -0.05) is 31.2 Å². The first-order valence-electron chi connectivity index (χ1n) is 8.42. The number of halogens is 2. The number of rotatable bonds is 8. The third kappa shape index (κ3) is 5.64. The Morgan fingerprint density at radius 2 is 1.73 bits per heavy atom. The Morgan fingerprint density at radius 1 is 1.12 bits per heavy atom. The Bertz CT molecular complexity index is 678. The molecule has 0 aliphatic carbocycles. The summed E-state index contributed by atoms with van der Waals surface area (Å²) in [6.07, 6.45) is -0.361. The van der Waals surface area contributed by atoms with Crippen LogP contribution in [0, 0.1) is 10.8 Å². The standard InChI is InChI=1S/C20H26F2O4/c1-6-20(4,13-19(2,3)17(23)25-5)18(24)26-12-15-10-8-7-9-14(15)11-16(21)22/h7-11H,6,12-13H2,1-5H3. The predicted octanol–water partition coefficient (Wildman–Crippen LogP) is 4.97. The van der Waals surface area contributed by atoms with Crippen LogP contribution >= 0.6 is 0 Å². The largest absolute Gasteiger partial charge is 0.469 e. The second kappa shape index (κ2) is 8.92. The van der Waals surface area contributed by atoms with Gasteiger partial charge in [-0.25, -0.2) is 0 Å². The maximum absolute atomic E-state index is 12.7. The van der Waals surface area contributed by atoms with Gasteiger partial charge < -0.3 is 9.47 Å². The van der Waals surface area contributed by atoms with Crippen LogP contribution < -0.4 is 0 Å². The number of methoxy groups -OCH3 is 1. The molecule has 1 aromatic rings. The molecule has 0 saturated carbocycles. The number of benzene rings is 1. The number of esters is 2. The molecule has 0 fully saturated rings. The van der Waals surface area contributed by atoms with Gasteiger partial charge in [0.2, 0.25) is 0 Å². The van der Waals surface area contributed by atoms with Crippen molar-refractivity contribution in [2.75, 3.05) is 7.11 Å². The van der Waals surface area contributed by atoms with Crippen molar-refractivity contribution in [3.05, 3.63) is 41.5 Å². The van der Waals surface area contributed by atoms with E-state index in [4.69, 9.17) is 9.47 Å². The highest BCUT2D eigenvalue weighted by atomic mass is 19.3. The first kappa shape index (κ1) is 21.8. The lowest BCUT2D eigenvalue weighted by atomic mass is 9.72. The van der Waals surface area contributed by atoms with Crippen LogP contribution in [-0.2, 0) is 25.7 Å². The van der Waals surface area contributed by atoms with E-state index in [1.807, 2.05) is 6.92 Å². The molecule has 0 aliphatic rings. The van der Waals surface area contributed by atoms with Gasteiger partial charge in [0.15, 0.2) is 0 Å². The molecule has 26 heavy (non-hydrogen) atoms. The van der Waals surface area contributed by atoms with E-state index in [0.29, 0.717) is 17.5 Å². The Hall–Kier alpha value is -2.24. The lowest BCUT2D eigenvalue weighted by Gasteiger charge is -2.33. The van der Waals surface area contributed by atoms with Crippen molar-refractivity contribution >= 4 is 18.0 Å². The fourth-order valence-corrected chi connectivity index (χ4v) is 2.91. The van der Waals surface area contributed by atoms with E-state index in [2.05, 4.69) is 0 Å². The molecule has 1 atom stereocenters. The third-order valence-electron chi connectivity index (χ3n) is 4.52. The molecular weight excluding hydrogens is 342 g/mol. The molecule has 4 nitrogen and oxygen atoms in total. The van der Waals surface area contributed by atoms with Crippen LogP contribution in [-0.4, -0.2) is 19.0 Å². The Balaban J connectivity index is 2.92. The van der Waals surface area contributed by atoms with Crippen LogP contribution in [0.4, 0.5) is 8.78 Å². The fourth-order valence-electron chi connectivity index (χ4n) is 2.91. The molecule has 6 heteroatoms. The summed E-state index contributed by atoms with van der Waals surface area (Å²) in [4.78, 5) is 24.6. The Kier molecular flexibility index (Phi) is 7.48. The van der Waals surface area contributed by atoms with E-state index in [0.717, 1.165) is 6.08 Å². The molecule has 1 unspecified atom stereocenters. The number of hydrogen-bond donors (Lipinski definition) is 0. The summed E-state index contributed by atoms with van der Waals surface area (Å²) in [5.41, 5.74) is -0.961. The van der Waals surface area contributed by atoms with Crippen molar-refractivity contribution in [2.45, 2.75) is 47.1 Å². The molecule has 0 N–H and O–H groups in total. The molecule has 0 bridgehead atoms. The topological polar surface area (TPSA) is 52.6 Å². The van der Waals surface area contributed by atoms with Crippen molar-refractivity contribution in [2.24, 2.45) is 10.8 Å². The average molecular weight is 368 g/mol. The van der Waals surface area contributed by atoms with Crippen LogP contribution in [0.25, 0.3) is 6.08 Å². The van der Waals surface area contributed by atoms with Gasteiger partial charge in [-0.05, 0) is 44.7 Å². The molecule has 1 aromatic carbocycles. The quantitative estimate of drug-likeness (QED) is 0.608. The van der Waals surface area contributed by atoms with Crippen molar-refractivity contribution in [1.29, 1.82) is 0 Å². The van der Waals surface area contributed by atoms with Gasteiger partial charge in [0, 0.05) is 6.08 Å². The monoisotopic (exact) mass is 368 g/mol. The molecular formula is C20H26F2O4. The highest BCUT2D eigenvalue weighted by Gasteiger charge is 2.42. The highest BCUT2D eigenvalue weighted by Crippen LogP contribution is 2.38. The van der Waals surface area contributed by atoms with E-state index in [9.17, 15) is 18.4 Å². The fraction of sp³-hybridized carbons (Fsp3) is 0.500. The zero-order valence-corrected chi connectivity index (χ0v) is 15.9. The molecule has 0 spiro atoms. The van der Waals surface area contributed by atoms with E-state index in [1.54, 1.807) is 39.0 Å². The van der Waals surface area contributed by atoms with Crippen LogP contribution in [0.2, 0.25) is 0 Å². The van der Waals surface area contributed by atoms with E-state index < -0.39 is 28.8 Å². The van der Waals surface area contributed by atoms with Crippen molar-refractivity contribution in [3.63, 3.8) is 0 Å². The first-order chi connectivity index (χ1) is 12.1. The van der Waals surface area contributed by atoms with Crippen molar-refractivity contribution in [3.8, 4) is 0 Å². The van der Waals surface area contributed by atoms with E-state index in [1.165, 1.54) is 13.2 Å². The minimum absolute atomic E-state index is 0.118. The van der Waals surface area contributed by atoms with Gasteiger partial charge in [-0.3, -0.25) is 9.59 Å². The van der Waals surface area contributed by atoms with Crippen molar-refractivity contribution < 1.29 is 27.8 Å². The minimum Gasteiger partial charge on any atom is -0.469 e. The van der Waals surface area contributed by atoms with Crippen LogP contribution in [0.3, 0.4) is 0 Å². The second-order valence-electron chi connectivity index (χ2n) is 7.18. The summed E-state index contributed by atoms with van der Waals surface area (Å²) < 4.78 is 35.3. The minimum atomic E-state index is -1.82. The van der Waals surface area contributed by atoms with Gasteiger partial charge in [0.05, 0.1) is 17.9 Å². The lowest BCUT2D eigenvalue weighted by molar-refractivity contribution is -0.162. The molecule has 144 valence electrons. The number of hydrogen-bond acceptors (Lipinski definition) is 4. The van der Waals surface area contributed by atoms with Gasteiger partial charge in [-0.15, -0.1) is 0 Å². The lowest BCUT2D eigenvalue weighted by Crippen LogP contribution is -2.38. The molecule has 0 heterocycles. The van der Waals surface area contributed by atoms with Gasteiger partial charge >= 0.3 is 11.9 Å². The van der Waals surface area contributed by atoms with Gasteiger partial charge in [0.25, 0.3) is 6.08 Å². The summed E-state index contributed by atoms with van der Waals surface area (Å²) >= 11 is 0. The summed E-state index contributed by atoms with van der Waals surface area (Å²) in [6.45, 7) is 6.87. The zero-order valence-electron chi connectivity index (χ0n) is 15.9. The molecule has 0 saturated heterocycles. The normalized spacial score (nSPS) is 13.5. The van der Waals surface area contributed by atoms with Crippen LogP contribution in [0.1, 0.15) is 51.7 Å². The van der Waals surface area contributed by atoms with E-state index in [-0.39, 0.29) is 13.0 Å². The molecule has 0 aromatic heterocycles. The summed E-state index contributed by atoms with van der Waals surface area (Å²) in [5, 5.41) is 0. The summed E-state index contributed by atoms with van der Waals surface area (Å²) in [7, 11) is 1.31. The van der Waals surface area contributed by atoms with Gasteiger partial charge in [0.1, 0.15) is 6.61 Å². The van der Waals surface area contributed by atoms with Crippen LogP contribution in [0.5, 0.6) is 0 Å². The highest BCUT2D eigenvalue weighted by molar-refractivity contribution is 5.80. The first-order valence-corrected chi connectivity index (χ1v) is 8.42. The summed E-state index contributed by atoms with van der Waals surface area (Å²) in [5.74, 6) is -0.879. The average Bonchev–Trinajstić information content (AvgIpc) is 2.58. The zero-order chi connectivity index (χ0) is 20.0. The molecule has 0 amide bonds. The summed E-state index contributed by atoms with van der Waals surface area (Å²) in [6, 6.07) is 6.48. The Labute approximate surface area is 153 Å². The third-order valence-corrected chi connectivity index (χ3v) is 4.52. The van der Waals surface area contributed by atoms with Gasteiger partial charge in [-0.2, -0.15) is 8.78 Å². The number of carbonyl (C=O) groups excluding carboxylic acids is 2. The number of carbonyl (C=O) groups is 2. The molecule has 0 radical (unpaired) electrons. The van der Waals surface area contributed by atoms with Crippen molar-refractivity contribution in [1.82, 2.24) is 0 Å². The second-order valence-corrected chi connectivity index (χ2v) is 7.18. The smallest absolute Gasteiger partial charge is 0.312 e. The Morgan fingerprint density at radius 3 is 2.27 bits per heavy atom. The SMILES string of the molecule is CCC(C)(CC(C)(C)C(=O)OC)C(=O)OCc1ccccc1C=C(F)F. The molecule has 0 aliphatic heterocycles. The predicted molar refractivity (Wildman–Crippen MR) is 95.2 cm³/mol. The molecule has 1 rings (SSSR count). The maximum Gasteiger partial charge on any atom is 0.312 e. The number of ether oxygens (including phenoxy) is 2. The van der Waals surface area contributed by atoms with E-state index >= 15 is 0 Å².